The van der Waals surface area contributed by atoms with Crippen molar-refractivity contribution in [3.63, 3.8) is 0 Å². The molecule has 0 radical (unpaired) electrons. The van der Waals surface area contributed by atoms with Crippen LogP contribution < -0.4 is 5.32 Å². The van der Waals surface area contributed by atoms with E-state index in [0.29, 0.717) is 22.7 Å². The van der Waals surface area contributed by atoms with Gasteiger partial charge in [0.25, 0.3) is 5.91 Å². The predicted octanol–water partition coefficient (Wildman–Crippen LogP) is 2.40. The van der Waals surface area contributed by atoms with Gasteiger partial charge in [-0.05, 0) is 43.9 Å². The van der Waals surface area contributed by atoms with Crippen molar-refractivity contribution in [3.8, 4) is 5.75 Å². The molecule has 4 nitrogen and oxygen atoms in total. The number of rotatable bonds is 2. The molecule has 2 bridgehead atoms. The lowest BCUT2D eigenvalue weighted by atomic mass is 9.98. The van der Waals surface area contributed by atoms with Crippen molar-refractivity contribution < 1.29 is 9.90 Å². The highest BCUT2D eigenvalue weighted by Crippen LogP contribution is 2.31. The number of phenols is 1. The zero-order valence-corrected chi connectivity index (χ0v) is 12.2. The molecule has 5 heteroatoms. The fourth-order valence-electron chi connectivity index (χ4n) is 3.38. The van der Waals surface area contributed by atoms with Crippen LogP contribution in [0.5, 0.6) is 5.75 Å². The van der Waals surface area contributed by atoms with Crippen LogP contribution in [-0.4, -0.2) is 41.1 Å². The summed E-state index contributed by atoms with van der Waals surface area (Å²) in [7, 11) is 1.83. The van der Waals surface area contributed by atoms with Crippen molar-refractivity contribution in [2.45, 2.75) is 43.8 Å². The molecule has 0 saturated carbocycles. The SMILES string of the molecule is CN(C(=O)c1ccc(Cl)cc1O)C1CC2CCC(C1)N2. The van der Waals surface area contributed by atoms with Crippen molar-refractivity contribution in [3.05, 3.63) is 28.8 Å². The third-order valence-corrected chi connectivity index (χ3v) is 4.74. The topological polar surface area (TPSA) is 52.6 Å². The summed E-state index contributed by atoms with van der Waals surface area (Å²) < 4.78 is 0. The number of amides is 1. The molecule has 2 unspecified atom stereocenters. The summed E-state index contributed by atoms with van der Waals surface area (Å²) in [6.45, 7) is 0. The van der Waals surface area contributed by atoms with E-state index in [1.165, 1.54) is 18.9 Å². The molecule has 0 aromatic heterocycles. The largest absolute Gasteiger partial charge is 0.507 e. The van der Waals surface area contributed by atoms with E-state index < -0.39 is 0 Å². The zero-order valence-electron chi connectivity index (χ0n) is 11.5. The van der Waals surface area contributed by atoms with Crippen molar-refractivity contribution in [1.29, 1.82) is 0 Å². The fraction of sp³-hybridized carbons (Fsp3) is 0.533. The molecule has 2 atom stereocenters. The van der Waals surface area contributed by atoms with Gasteiger partial charge < -0.3 is 15.3 Å². The van der Waals surface area contributed by atoms with E-state index in [9.17, 15) is 9.90 Å². The molecule has 1 amide bonds. The van der Waals surface area contributed by atoms with E-state index in [0.717, 1.165) is 12.8 Å². The Morgan fingerprint density at radius 1 is 1.35 bits per heavy atom. The molecule has 1 aromatic rings. The highest BCUT2D eigenvalue weighted by Gasteiger charge is 2.36. The van der Waals surface area contributed by atoms with Gasteiger partial charge in [-0.15, -0.1) is 0 Å². The minimum atomic E-state index is -0.134. The minimum absolute atomic E-state index is 0.0498. The maximum Gasteiger partial charge on any atom is 0.257 e. The summed E-state index contributed by atoms with van der Waals surface area (Å²) in [6.07, 6.45) is 4.39. The first-order valence-electron chi connectivity index (χ1n) is 7.06. The van der Waals surface area contributed by atoms with Crippen molar-refractivity contribution >= 4 is 17.5 Å². The molecule has 2 fully saturated rings. The van der Waals surface area contributed by atoms with Crippen LogP contribution in [0, 0.1) is 0 Å². The van der Waals surface area contributed by atoms with Crippen LogP contribution >= 0.6 is 11.6 Å². The zero-order chi connectivity index (χ0) is 14.3. The Labute approximate surface area is 123 Å². The number of halogens is 1. The first kappa shape index (κ1) is 13.7. The summed E-state index contributed by atoms with van der Waals surface area (Å²) in [5, 5.41) is 13.9. The first-order valence-corrected chi connectivity index (χ1v) is 7.44. The number of nitrogens with zero attached hydrogens (tertiary/aromatic N) is 1. The Morgan fingerprint density at radius 2 is 2.00 bits per heavy atom. The second kappa shape index (κ2) is 5.26. The van der Waals surface area contributed by atoms with Crippen LogP contribution in [0.3, 0.4) is 0 Å². The normalized spacial score (nSPS) is 28.4. The van der Waals surface area contributed by atoms with E-state index in [1.807, 2.05) is 7.05 Å². The average molecular weight is 295 g/mol. The number of aromatic hydroxyl groups is 1. The van der Waals surface area contributed by atoms with Gasteiger partial charge in [-0.3, -0.25) is 4.79 Å². The fourth-order valence-corrected chi connectivity index (χ4v) is 3.55. The highest BCUT2D eigenvalue weighted by atomic mass is 35.5. The Balaban J connectivity index is 1.76. The lowest BCUT2D eigenvalue weighted by molar-refractivity contribution is 0.0679. The van der Waals surface area contributed by atoms with Gasteiger partial charge in [0.15, 0.2) is 0 Å². The predicted molar refractivity (Wildman–Crippen MR) is 78.2 cm³/mol. The number of piperidine rings is 1. The monoisotopic (exact) mass is 294 g/mol. The molecule has 2 saturated heterocycles. The van der Waals surface area contributed by atoms with Crippen molar-refractivity contribution in [2.24, 2.45) is 0 Å². The quantitative estimate of drug-likeness (QED) is 0.881. The average Bonchev–Trinajstić information content (AvgIpc) is 2.76. The summed E-state index contributed by atoms with van der Waals surface area (Å²) >= 11 is 5.80. The number of nitrogens with one attached hydrogen (secondary N) is 1. The molecule has 2 N–H and O–H groups in total. The highest BCUT2D eigenvalue weighted by molar-refractivity contribution is 6.30. The number of carbonyl (C=O) groups is 1. The van der Waals surface area contributed by atoms with Gasteiger partial charge in [0, 0.05) is 30.2 Å². The molecular weight excluding hydrogens is 276 g/mol. The smallest absolute Gasteiger partial charge is 0.257 e. The first-order chi connectivity index (χ1) is 9.54. The molecule has 0 spiro atoms. The Kier molecular flexibility index (Phi) is 3.61. The van der Waals surface area contributed by atoms with Gasteiger partial charge in [0.2, 0.25) is 0 Å². The van der Waals surface area contributed by atoms with Gasteiger partial charge >= 0.3 is 0 Å². The van der Waals surface area contributed by atoms with Gasteiger partial charge in [-0.25, -0.2) is 0 Å². The van der Waals surface area contributed by atoms with E-state index in [4.69, 9.17) is 11.6 Å². The summed E-state index contributed by atoms with van der Waals surface area (Å²) in [5.41, 5.74) is 0.322. The molecule has 1 aromatic carbocycles. The van der Waals surface area contributed by atoms with Crippen LogP contribution in [0.4, 0.5) is 0 Å². The number of carbonyl (C=O) groups excluding carboxylic acids is 1. The van der Waals surface area contributed by atoms with Crippen LogP contribution in [0.15, 0.2) is 18.2 Å². The summed E-state index contributed by atoms with van der Waals surface area (Å²) in [6, 6.07) is 5.95. The maximum atomic E-state index is 12.5. The molecule has 2 aliphatic heterocycles. The summed E-state index contributed by atoms with van der Waals surface area (Å²) in [5.74, 6) is -0.184. The molecule has 2 aliphatic rings. The van der Waals surface area contributed by atoms with E-state index in [2.05, 4.69) is 5.32 Å². The van der Waals surface area contributed by atoms with Crippen LogP contribution in [0.1, 0.15) is 36.0 Å². The second-order valence-electron chi connectivity index (χ2n) is 5.84. The van der Waals surface area contributed by atoms with Crippen LogP contribution in [0.2, 0.25) is 5.02 Å². The van der Waals surface area contributed by atoms with Gasteiger partial charge in [0.1, 0.15) is 5.75 Å². The number of hydrogen-bond acceptors (Lipinski definition) is 3. The number of phenolic OH excluding ortho intramolecular Hbond substituents is 1. The molecular formula is C15H19ClN2O2. The molecule has 2 heterocycles. The molecule has 0 aliphatic carbocycles. The van der Waals surface area contributed by atoms with Gasteiger partial charge in [-0.1, -0.05) is 11.6 Å². The van der Waals surface area contributed by atoms with Crippen LogP contribution in [-0.2, 0) is 0 Å². The lowest BCUT2D eigenvalue weighted by Gasteiger charge is -2.35. The van der Waals surface area contributed by atoms with Crippen LogP contribution in [0.25, 0.3) is 0 Å². The molecule has 108 valence electrons. The number of hydrogen-bond donors (Lipinski definition) is 2. The molecule has 20 heavy (non-hydrogen) atoms. The van der Waals surface area contributed by atoms with Crippen molar-refractivity contribution in [1.82, 2.24) is 10.2 Å². The number of benzene rings is 1. The summed E-state index contributed by atoms with van der Waals surface area (Å²) in [4.78, 5) is 14.3. The molecule has 3 rings (SSSR count). The van der Waals surface area contributed by atoms with E-state index >= 15 is 0 Å². The van der Waals surface area contributed by atoms with Gasteiger partial charge in [-0.2, -0.15) is 0 Å². The lowest BCUT2D eigenvalue weighted by Crippen LogP contribution is -2.48. The standard InChI is InChI=1S/C15H19ClN2O2/c1-18(12-7-10-3-4-11(8-12)17-10)15(20)13-5-2-9(16)6-14(13)19/h2,5-6,10-12,17,19H,3-4,7-8H2,1H3. The van der Waals surface area contributed by atoms with Gasteiger partial charge in [0.05, 0.1) is 5.56 Å². The minimum Gasteiger partial charge on any atom is -0.507 e. The third kappa shape index (κ3) is 2.50. The Hall–Kier alpha value is -1.26. The Morgan fingerprint density at radius 3 is 2.60 bits per heavy atom. The van der Waals surface area contributed by atoms with E-state index in [1.54, 1.807) is 17.0 Å². The maximum absolute atomic E-state index is 12.5. The Bertz CT molecular complexity index is 523. The number of fused-ring (bicyclic) bond motifs is 2. The van der Waals surface area contributed by atoms with E-state index in [-0.39, 0.29) is 17.7 Å². The van der Waals surface area contributed by atoms with Crippen molar-refractivity contribution in [2.75, 3.05) is 7.05 Å². The second-order valence-corrected chi connectivity index (χ2v) is 6.28. The third-order valence-electron chi connectivity index (χ3n) is 4.51.